The summed E-state index contributed by atoms with van der Waals surface area (Å²) < 4.78 is 8.29. The van der Waals surface area contributed by atoms with Gasteiger partial charge in [-0.25, -0.2) is 9.97 Å². The predicted octanol–water partition coefficient (Wildman–Crippen LogP) is 6.37. The number of hydrogen-bond acceptors (Lipinski definition) is 5. The Hall–Kier alpha value is -4.46. The summed E-state index contributed by atoms with van der Waals surface area (Å²) in [6.07, 6.45) is 15.7. The molecule has 1 aliphatic carbocycles. The molecule has 1 aliphatic rings. The van der Waals surface area contributed by atoms with Gasteiger partial charge < -0.3 is 14.3 Å². The van der Waals surface area contributed by atoms with Gasteiger partial charge in [0.2, 0.25) is 0 Å². The first-order valence-corrected chi connectivity index (χ1v) is 12.8. The molecule has 0 atom stereocenters. The summed E-state index contributed by atoms with van der Waals surface area (Å²) in [7, 11) is 0. The van der Waals surface area contributed by atoms with Gasteiger partial charge in [0.15, 0.2) is 0 Å². The van der Waals surface area contributed by atoms with Crippen LogP contribution in [0.1, 0.15) is 37.8 Å². The van der Waals surface area contributed by atoms with E-state index in [1.165, 1.54) is 19.3 Å². The summed E-state index contributed by atoms with van der Waals surface area (Å²) in [6, 6.07) is 12.5. The molecule has 0 spiro atoms. The summed E-state index contributed by atoms with van der Waals surface area (Å²) in [6.45, 7) is 1.98. The molecule has 7 rings (SSSR count). The third-order valence-electron chi connectivity index (χ3n) is 7.22. The Kier molecular flexibility index (Phi) is 5.23. The quantitative estimate of drug-likeness (QED) is 0.293. The first-order valence-electron chi connectivity index (χ1n) is 12.8. The Morgan fingerprint density at radius 1 is 0.946 bits per heavy atom. The van der Waals surface area contributed by atoms with Gasteiger partial charge in [0.1, 0.15) is 17.1 Å². The first kappa shape index (κ1) is 21.8. The third kappa shape index (κ3) is 4.04. The van der Waals surface area contributed by atoms with Crippen molar-refractivity contribution in [3.63, 3.8) is 0 Å². The van der Waals surface area contributed by atoms with Crippen molar-refractivity contribution in [2.24, 2.45) is 0 Å². The minimum absolute atomic E-state index is 0.292. The van der Waals surface area contributed by atoms with Crippen molar-refractivity contribution < 1.29 is 4.74 Å². The number of nitrogens with zero attached hydrogens (tertiary/aromatic N) is 5. The third-order valence-corrected chi connectivity index (χ3v) is 7.22. The Balaban J connectivity index is 1.26. The normalized spacial score (nSPS) is 14.5. The van der Waals surface area contributed by atoms with Crippen LogP contribution < -0.4 is 4.74 Å². The fourth-order valence-corrected chi connectivity index (χ4v) is 5.33. The summed E-state index contributed by atoms with van der Waals surface area (Å²) >= 11 is 0. The molecule has 8 nitrogen and oxygen atoms in total. The van der Waals surface area contributed by atoms with Crippen LogP contribution >= 0.6 is 0 Å². The van der Waals surface area contributed by atoms with Crippen molar-refractivity contribution >= 4 is 21.9 Å². The number of nitrogens with one attached hydrogen (secondary N) is 2. The number of imidazole rings is 1. The summed E-state index contributed by atoms with van der Waals surface area (Å²) in [5, 5.41) is 9.88. The maximum atomic E-state index is 6.27. The lowest BCUT2D eigenvalue weighted by Gasteiger charge is -2.23. The van der Waals surface area contributed by atoms with Crippen LogP contribution in [0.4, 0.5) is 0 Å². The minimum atomic E-state index is 0.292. The van der Waals surface area contributed by atoms with Crippen molar-refractivity contribution in [1.29, 1.82) is 0 Å². The molecule has 0 aliphatic heterocycles. The fourth-order valence-electron chi connectivity index (χ4n) is 5.33. The maximum Gasteiger partial charge on any atom is 0.139 e. The standard InChI is InChI=1S/C29H27N7O/c1-18-16-36(17-32-18)27-9-10-31-29-24(27)13-26(33-29)28-23-12-19(7-8-25(23)34-35-28)20-11-22(15-30-14-20)37-21-5-3-2-4-6-21/h7-17,21H,2-6H2,1H3,(H,31,33)(H,34,35). The lowest BCUT2D eigenvalue weighted by molar-refractivity contribution is 0.154. The zero-order chi connectivity index (χ0) is 24.8. The van der Waals surface area contributed by atoms with E-state index in [0.717, 1.165) is 74.4 Å². The first-order chi connectivity index (χ1) is 18.2. The number of aromatic nitrogens is 7. The molecule has 37 heavy (non-hydrogen) atoms. The number of benzene rings is 1. The summed E-state index contributed by atoms with van der Waals surface area (Å²) in [4.78, 5) is 16.9. The van der Waals surface area contributed by atoms with Gasteiger partial charge in [-0.05, 0) is 68.5 Å². The largest absolute Gasteiger partial charge is 0.489 e. The number of H-pyrrole nitrogens is 2. The Labute approximate surface area is 213 Å². The second-order valence-corrected chi connectivity index (χ2v) is 9.82. The number of pyridine rings is 2. The van der Waals surface area contributed by atoms with Crippen LogP contribution in [0.2, 0.25) is 0 Å². The highest BCUT2D eigenvalue weighted by Crippen LogP contribution is 2.34. The van der Waals surface area contributed by atoms with Crippen molar-refractivity contribution in [3.05, 3.63) is 73.2 Å². The number of hydrogen-bond donors (Lipinski definition) is 2. The zero-order valence-electron chi connectivity index (χ0n) is 20.6. The monoisotopic (exact) mass is 489 g/mol. The summed E-state index contributed by atoms with van der Waals surface area (Å²) in [5.41, 5.74) is 7.62. The molecule has 0 saturated heterocycles. The topological polar surface area (TPSA) is 97.3 Å². The van der Waals surface area contributed by atoms with Crippen molar-refractivity contribution in [2.45, 2.75) is 45.1 Å². The SMILES string of the molecule is Cc1cn(-c2ccnc3[nH]c(-c4n[nH]c5ccc(-c6cncc(OC7CCCCC7)c6)cc45)cc23)cn1. The van der Waals surface area contributed by atoms with Gasteiger partial charge in [-0.2, -0.15) is 5.10 Å². The Morgan fingerprint density at radius 3 is 2.73 bits per heavy atom. The molecule has 5 heterocycles. The highest BCUT2D eigenvalue weighted by molar-refractivity contribution is 5.98. The van der Waals surface area contributed by atoms with Gasteiger partial charge in [0.25, 0.3) is 0 Å². The van der Waals surface area contributed by atoms with Gasteiger partial charge in [-0.15, -0.1) is 0 Å². The molecular weight excluding hydrogens is 462 g/mol. The van der Waals surface area contributed by atoms with E-state index >= 15 is 0 Å². The van der Waals surface area contributed by atoms with Gasteiger partial charge in [0.05, 0.1) is 41.2 Å². The Bertz CT molecular complexity index is 1720. The number of aromatic amines is 2. The number of aryl methyl sites for hydroxylation is 1. The van der Waals surface area contributed by atoms with Crippen LogP contribution in [-0.4, -0.2) is 40.8 Å². The van der Waals surface area contributed by atoms with E-state index in [4.69, 9.17) is 4.74 Å². The van der Waals surface area contributed by atoms with E-state index in [1.807, 2.05) is 48.7 Å². The van der Waals surface area contributed by atoms with Crippen molar-refractivity contribution in [1.82, 2.24) is 34.7 Å². The minimum Gasteiger partial charge on any atom is -0.489 e. The highest BCUT2D eigenvalue weighted by atomic mass is 16.5. The number of rotatable bonds is 5. The zero-order valence-corrected chi connectivity index (χ0v) is 20.6. The van der Waals surface area contributed by atoms with E-state index < -0.39 is 0 Å². The van der Waals surface area contributed by atoms with Crippen molar-refractivity contribution in [3.8, 4) is 34.0 Å². The highest BCUT2D eigenvalue weighted by Gasteiger charge is 2.17. The molecule has 6 aromatic rings. The van der Waals surface area contributed by atoms with Crippen molar-refractivity contribution in [2.75, 3.05) is 0 Å². The molecule has 0 bridgehead atoms. The van der Waals surface area contributed by atoms with E-state index in [0.29, 0.717) is 6.10 Å². The predicted molar refractivity (Wildman–Crippen MR) is 144 cm³/mol. The molecule has 184 valence electrons. The smallest absolute Gasteiger partial charge is 0.139 e. The fraction of sp³-hybridized carbons (Fsp3) is 0.241. The molecule has 1 fully saturated rings. The van der Waals surface area contributed by atoms with E-state index in [9.17, 15) is 0 Å². The molecule has 0 amide bonds. The Morgan fingerprint density at radius 2 is 1.86 bits per heavy atom. The second-order valence-electron chi connectivity index (χ2n) is 9.82. The molecular formula is C29H27N7O. The molecule has 0 radical (unpaired) electrons. The average Bonchev–Trinajstić information content (AvgIpc) is 3.66. The van der Waals surface area contributed by atoms with Gasteiger partial charge >= 0.3 is 0 Å². The molecule has 8 heteroatoms. The number of fused-ring (bicyclic) bond motifs is 2. The maximum absolute atomic E-state index is 6.27. The van der Waals surface area contributed by atoms with E-state index in [2.05, 4.69) is 60.5 Å². The molecule has 1 saturated carbocycles. The van der Waals surface area contributed by atoms with Crippen LogP contribution in [0, 0.1) is 6.92 Å². The average molecular weight is 490 g/mol. The molecule has 0 unspecified atom stereocenters. The molecule has 5 aromatic heterocycles. The van der Waals surface area contributed by atoms with Gasteiger partial charge in [-0.3, -0.25) is 10.1 Å². The van der Waals surface area contributed by atoms with Crippen LogP contribution in [0.3, 0.4) is 0 Å². The van der Waals surface area contributed by atoms with Gasteiger partial charge in [-0.1, -0.05) is 12.5 Å². The van der Waals surface area contributed by atoms with Crippen LogP contribution in [0.25, 0.3) is 50.1 Å². The lowest BCUT2D eigenvalue weighted by atomic mass is 9.98. The van der Waals surface area contributed by atoms with Crippen LogP contribution in [-0.2, 0) is 0 Å². The van der Waals surface area contributed by atoms with Crippen LogP contribution in [0.5, 0.6) is 5.75 Å². The van der Waals surface area contributed by atoms with E-state index in [-0.39, 0.29) is 0 Å². The molecule has 1 aromatic carbocycles. The second kappa shape index (κ2) is 8.89. The molecule has 2 N–H and O–H groups in total. The number of ether oxygens (including phenoxy) is 1. The van der Waals surface area contributed by atoms with E-state index in [1.54, 1.807) is 0 Å². The lowest BCUT2D eigenvalue weighted by Crippen LogP contribution is -2.19. The van der Waals surface area contributed by atoms with Gasteiger partial charge in [0, 0.05) is 34.9 Å². The van der Waals surface area contributed by atoms with Crippen LogP contribution in [0.15, 0.2) is 67.5 Å². The summed E-state index contributed by atoms with van der Waals surface area (Å²) in [5.74, 6) is 0.834.